The van der Waals surface area contributed by atoms with Crippen LogP contribution in [0, 0.1) is 12.7 Å². The van der Waals surface area contributed by atoms with E-state index in [0.717, 1.165) is 5.56 Å². The molecule has 0 fully saturated rings. The van der Waals surface area contributed by atoms with E-state index in [9.17, 15) is 4.39 Å². The number of aryl methyl sites for hydroxylation is 1. The summed E-state index contributed by atoms with van der Waals surface area (Å²) in [6, 6.07) is 6.73. The molecule has 1 aromatic carbocycles. The standard InChI is InChI=1S/C13H13ClFN3/c1-8-3-4-10(5-11(8)15)9(2)18-13-6-12(14)16-7-17-13/h3-7,9H,1-2H3,(H,16,17,18). The number of hydrogen-bond donors (Lipinski definition) is 1. The predicted molar refractivity (Wildman–Crippen MR) is 70.2 cm³/mol. The topological polar surface area (TPSA) is 37.8 Å². The molecule has 0 saturated heterocycles. The van der Waals surface area contributed by atoms with Crippen molar-refractivity contribution in [1.29, 1.82) is 0 Å². The SMILES string of the molecule is Cc1ccc(C(C)Nc2cc(Cl)ncn2)cc1F. The number of halogens is 2. The van der Waals surface area contributed by atoms with Gasteiger partial charge in [-0.2, -0.15) is 0 Å². The summed E-state index contributed by atoms with van der Waals surface area (Å²) >= 11 is 5.77. The molecule has 0 amide bonds. The Kier molecular flexibility index (Phi) is 3.77. The van der Waals surface area contributed by atoms with Crippen LogP contribution in [0.15, 0.2) is 30.6 Å². The van der Waals surface area contributed by atoms with Crippen molar-refractivity contribution >= 4 is 17.4 Å². The van der Waals surface area contributed by atoms with Crippen LogP contribution in [0.4, 0.5) is 10.2 Å². The number of nitrogens with zero attached hydrogens (tertiary/aromatic N) is 2. The number of rotatable bonds is 3. The van der Waals surface area contributed by atoms with Gasteiger partial charge in [0.05, 0.1) is 6.04 Å². The monoisotopic (exact) mass is 265 g/mol. The summed E-state index contributed by atoms with van der Waals surface area (Å²) in [4.78, 5) is 7.84. The lowest BCUT2D eigenvalue weighted by atomic mass is 10.1. The first-order valence-corrected chi connectivity index (χ1v) is 5.94. The maximum absolute atomic E-state index is 13.5. The van der Waals surface area contributed by atoms with Crippen molar-refractivity contribution in [2.45, 2.75) is 19.9 Å². The van der Waals surface area contributed by atoms with E-state index in [1.54, 1.807) is 19.1 Å². The molecular formula is C13H13ClFN3. The van der Waals surface area contributed by atoms with Crippen LogP contribution in [0.3, 0.4) is 0 Å². The molecule has 0 aliphatic heterocycles. The van der Waals surface area contributed by atoms with Gasteiger partial charge < -0.3 is 5.32 Å². The molecule has 1 unspecified atom stereocenters. The maximum atomic E-state index is 13.5. The summed E-state index contributed by atoms with van der Waals surface area (Å²) < 4.78 is 13.5. The van der Waals surface area contributed by atoms with Gasteiger partial charge in [-0.1, -0.05) is 23.7 Å². The smallest absolute Gasteiger partial charge is 0.134 e. The highest BCUT2D eigenvalue weighted by molar-refractivity contribution is 6.29. The Morgan fingerprint density at radius 2 is 2.06 bits per heavy atom. The highest BCUT2D eigenvalue weighted by Crippen LogP contribution is 2.20. The van der Waals surface area contributed by atoms with E-state index in [2.05, 4.69) is 15.3 Å². The first-order chi connectivity index (χ1) is 8.56. The lowest BCUT2D eigenvalue weighted by Gasteiger charge is -2.15. The van der Waals surface area contributed by atoms with Crippen molar-refractivity contribution in [3.8, 4) is 0 Å². The molecule has 0 bridgehead atoms. The van der Waals surface area contributed by atoms with Crippen LogP contribution in [0.1, 0.15) is 24.1 Å². The Morgan fingerprint density at radius 3 is 2.72 bits per heavy atom. The number of benzene rings is 1. The number of anilines is 1. The third kappa shape index (κ3) is 2.96. The molecule has 1 N–H and O–H groups in total. The molecule has 3 nitrogen and oxygen atoms in total. The van der Waals surface area contributed by atoms with Crippen LogP contribution in [-0.2, 0) is 0 Å². The van der Waals surface area contributed by atoms with Crippen molar-refractivity contribution < 1.29 is 4.39 Å². The molecule has 2 rings (SSSR count). The fourth-order valence-electron chi connectivity index (χ4n) is 1.60. The van der Waals surface area contributed by atoms with Gasteiger partial charge in [0.25, 0.3) is 0 Å². The highest BCUT2D eigenvalue weighted by Gasteiger charge is 2.08. The summed E-state index contributed by atoms with van der Waals surface area (Å²) in [5, 5.41) is 3.51. The second kappa shape index (κ2) is 5.31. The molecule has 5 heteroatoms. The van der Waals surface area contributed by atoms with Crippen LogP contribution in [0.2, 0.25) is 5.15 Å². The van der Waals surface area contributed by atoms with E-state index in [-0.39, 0.29) is 11.9 Å². The van der Waals surface area contributed by atoms with Crippen molar-refractivity contribution in [2.75, 3.05) is 5.32 Å². The van der Waals surface area contributed by atoms with Crippen LogP contribution in [0.25, 0.3) is 0 Å². The molecule has 94 valence electrons. The molecule has 2 aromatic rings. The zero-order valence-corrected chi connectivity index (χ0v) is 10.9. The molecule has 1 heterocycles. The molecular weight excluding hydrogens is 253 g/mol. The molecule has 0 aliphatic rings. The zero-order chi connectivity index (χ0) is 13.1. The van der Waals surface area contributed by atoms with Gasteiger partial charge in [0, 0.05) is 6.07 Å². The van der Waals surface area contributed by atoms with Gasteiger partial charge >= 0.3 is 0 Å². The van der Waals surface area contributed by atoms with E-state index in [0.29, 0.717) is 16.5 Å². The Hall–Kier alpha value is -1.68. The summed E-state index contributed by atoms with van der Waals surface area (Å²) in [6.07, 6.45) is 1.38. The van der Waals surface area contributed by atoms with Crippen molar-refractivity contribution in [2.24, 2.45) is 0 Å². The van der Waals surface area contributed by atoms with Crippen LogP contribution in [-0.4, -0.2) is 9.97 Å². The molecule has 1 atom stereocenters. The fourth-order valence-corrected chi connectivity index (χ4v) is 1.74. The van der Waals surface area contributed by atoms with E-state index >= 15 is 0 Å². The Bertz CT molecular complexity index is 560. The highest BCUT2D eigenvalue weighted by atomic mass is 35.5. The number of hydrogen-bond acceptors (Lipinski definition) is 3. The van der Waals surface area contributed by atoms with Gasteiger partial charge in [-0.15, -0.1) is 0 Å². The van der Waals surface area contributed by atoms with E-state index < -0.39 is 0 Å². The van der Waals surface area contributed by atoms with Gasteiger partial charge in [-0.25, -0.2) is 14.4 Å². The number of nitrogens with one attached hydrogen (secondary N) is 1. The van der Waals surface area contributed by atoms with Gasteiger partial charge in [-0.3, -0.25) is 0 Å². The van der Waals surface area contributed by atoms with E-state index in [4.69, 9.17) is 11.6 Å². The molecule has 0 aliphatic carbocycles. The average Bonchev–Trinajstić information content (AvgIpc) is 2.32. The second-order valence-electron chi connectivity index (χ2n) is 4.10. The molecule has 0 radical (unpaired) electrons. The fraction of sp³-hybridized carbons (Fsp3) is 0.231. The quantitative estimate of drug-likeness (QED) is 0.859. The third-order valence-corrected chi connectivity index (χ3v) is 2.90. The molecule has 1 aromatic heterocycles. The lowest BCUT2D eigenvalue weighted by molar-refractivity contribution is 0.614. The van der Waals surface area contributed by atoms with Crippen LogP contribution >= 0.6 is 11.6 Å². The predicted octanol–water partition coefficient (Wildman–Crippen LogP) is 3.75. The third-order valence-electron chi connectivity index (χ3n) is 2.69. The Morgan fingerprint density at radius 1 is 1.28 bits per heavy atom. The summed E-state index contributed by atoms with van der Waals surface area (Å²) in [7, 11) is 0. The Labute approximate surface area is 110 Å². The Balaban J connectivity index is 2.16. The van der Waals surface area contributed by atoms with Gasteiger partial charge in [0.1, 0.15) is 23.1 Å². The normalized spacial score (nSPS) is 12.2. The largest absolute Gasteiger partial charge is 0.363 e. The van der Waals surface area contributed by atoms with E-state index in [1.165, 1.54) is 12.4 Å². The lowest BCUT2D eigenvalue weighted by Crippen LogP contribution is -2.08. The summed E-state index contributed by atoms with van der Waals surface area (Å²) in [6.45, 7) is 3.67. The van der Waals surface area contributed by atoms with Crippen LogP contribution < -0.4 is 5.32 Å². The first kappa shape index (κ1) is 12.8. The van der Waals surface area contributed by atoms with Crippen molar-refractivity contribution in [3.05, 3.63) is 52.7 Å². The first-order valence-electron chi connectivity index (χ1n) is 5.56. The van der Waals surface area contributed by atoms with E-state index in [1.807, 2.05) is 13.0 Å². The maximum Gasteiger partial charge on any atom is 0.134 e. The molecule has 0 saturated carbocycles. The van der Waals surface area contributed by atoms with Crippen molar-refractivity contribution in [1.82, 2.24) is 9.97 Å². The minimum absolute atomic E-state index is 0.0638. The minimum Gasteiger partial charge on any atom is -0.363 e. The van der Waals surface area contributed by atoms with Gasteiger partial charge in [-0.05, 0) is 31.0 Å². The number of aromatic nitrogens is 2. The summed E-state index contributed by atoms with van der Waals surface area (Å²) in [5.41, 5.74) is 1.49. The second-order valence-corrected chi connectivity index (χ2v) is 4.49. The zero-order valence-electron chi connectivity index (χ0n) is 10.1. The van der Waals surface area contributed by atoms with Gasteiger partial charge in [0.15, 0.2) is 0 Å². The van der Waals surface area contributed by atoms with Gasteiger partial charge in [0.2, 0.25) is 0 Å². The summed E-state index contributed by atoms with van der Waals surface area (Å²) in [5.74, 6) is 0.408. The minimum atomic E-state index is -0.207. The molecule has 0 spiro atoms. The van der Waals surface area contributed by atoms with Crippen molar-refractivity contribution in [3.63, 3.8) is 0 Å². The average molecular weight is 266 g/mol. The van der Waals surface area contributed by atoms with Crippen LogP contribution in [0.5, 0.6) is 0 Å². The molecule has 18 heavy (non-hydrogen) atoms.